The number of hydrogen-bond donors (Lipinski definition) is 2. The largest absolute Gasteiger partial charge is 0.465 e. The Morgan fingerprint density at radius 3 is 2.68 bits per heavy atom. The third-order valence-corrected chi connectivity index (χ3v) is 4.32. The van der Waals surface area contributed by atoms with E-state index < -0.39 is 10.0 Å². The van der Waals surface area contributed by atoms with Gasteiger partial charge in [0.1, 0.15) is 16.4 Å². The number of hydrogen-bond acceptors (Lipinski definition) is 6. The molecular formula is C11H15N3O4S. The Labute approximate surface area is 110 Å². The molecule has 0 aliphatic carbocycles. The van der Waals surface area contributed by atoms with Crippen molar-refractivity contribution in [1.29, 1.82) is 0 Å². The molecule has 0 bridgehead atoms. The van der Waals surface area contributed by atoms with Gasteiger partial charge in [-0.15, -0.1) is 0 Å². The van der Waals surface area contributed by atoms with Crippen molar-refractivity contribution in [2.75, 3.05) is 0 Å². The molecule has 2 rings (SSSR count). The van der Waals surface area contributed by atoms with E-state index in [9.17, 15) is 8.42 Å². The Morgan fingerprint density at radius 2 is 2.11 bits per heavy atom. The minimum atomic E-state index is -3.70. The summed E-state index contributed by atoms with van der Waals surface area (Å²) in [4.78, 5) is 0.104. The average Bonchev–Trinajstić information content (AvgIpc) is 2.94. The lowest BCUT2D eigenvalue weighted by Crippen LogP contribution is -2.24. The van der Waals surface area contributed by atoms with Crippen LogP contribution in [0.4, 0.5) is 0 Å². The number of nitrogens with one attached hydrogen (secondary N) is 1. The molecule has 0 saturated heterocycles. The molecule has 104 valence electrons. The van der Waals surface area contributed by atoms with E-state index >= 15 is 0 Å². The minimum absolute atomic E-state index is 0.0238. The summed E-state index contributed by atoms with van der Waals surface area (Å²) >= 11 is 0. The highest BCUT2D eigenvalue weighted by Crippen LogP contribution is 2.26. The summed E-state index contributed by atoms with van der Waals surface area (Å²) in [6, 6.07) is 1.58. The third kappa shape index (κ3) is 2.70. The zero-order valence-electron chi connectivity index (χ0n) is 10.6. The van der Waals surface area contributed by atoms with E-state index in [1.54, 1.807) is 19.9 Å². The molecule has 0 spiro atoms. The van der Waals surface area contributed by atoms with Crippen LogP contribution in [0.15, 0.2) is 26.1 Å². The summed E-state index contributed by atoms with van der Waals surface area (Å²) < 4.78 is 37.1. The van der Waals surface area contributed by atoms with Gasteiger partial charge in [-0.1, -0.05) is 5.16 Å². The fraction of sp³-hybridized carbons (Fsp3) is 0.364. The van der Waals surface area contributed by atoms with Gasteiger partial charge in [0.15, 0.2) is 5.76 Å². The minimum Gasteiger partial charge on any atom is -0.465 e. The summed E-state index contributed by atoms with van der Waals surface area (Å²) in [5.41, 5.74) is 6.06. The first-order valence-electron chi connectivity index (χ1n) is 5.64. The van der Waals surface area contributed by atoms with Crippen LogP contribution >= 0.6 is 0 Å². The Hall–Kier alpha value is -1.64. The monoisotopic (exact) mass is 285 g/mol. The van der Waals surface area contributed by atoms with Crippen LogP contribution < -0.4 is 10.5 Å². The molecule has 2 heterocycles. The van der Waals surface area contributed by atoms with Crippen molar-refractivity contribution in [2.45, 2.75) is 31.8 Å². The molecule has 0 aliphatic heterocycles. The number of rotatable bonds is 5. The van der Waals surface area contributed by atoms with Crippen molar-refractivity contribution in [2.24, 2.45) is 5.73 Å². The number of sulfonamides is 1. The predicted molar refractivity (Wildman–Crippen MR) is 66.6 cm³/mol. The molecule has 3 N–H and O–H groups in total. The first-order valence-corrected chi connectivity index (χ1v) is 7.12. The highest BCUT2D eigenvalue weighted by molar-refractivity contribution is 7.89. The molecule has 0 aliphatic rings. The second kappa shape index (κ2) is 5.16. The second-order valence-electron chi connectivity index (χ2n) is 4.03. The van der Waals surface area contributed by atoms with Gasteiger partial charge in [-0.3, -0.25) is 0 Å². The Morgan fingerprint density at radius 1 is 1.37 bits per heavy atom. The number of furan rings is 1. The fourth-order valence-electron chi connectivity index (χ4n) is 1.87. The maximum atomic E-state index is 12.3. The summed E-state index contributed by atoms with van der Waals surface area (Å²) in [5, 5.41) is 3.50. The summed E-state index contributed by atoms with van der Waals surface area (Å²) in [5.74, 6) is 1.26. The lowest BCUT2D eigenvalue weighted by Gasteiger charge is -2.06. The van der Waals surface area contributed by atoms with E-state index in [1.807, 2.05) is 0 Å². The lowest BCUT2D eigenvalue weighted by atomic mass is 10.2. The van der Waals surface area contributed by atoms with Gasteiger partial charge in [-0.05, 0) is 13.8 Å². The second-order valence-corrected chi connectivity index (χ2v) is 5.73. The molecule has 0 atom stereocenters. The van der Waals surface area contributed by atoms with E-state index in [2.05, 4.69) is 9.88 Å². The van der Waals surface area contributed by atoms with Gasteiger partial charge >= 0.3 is 0 Å². The first-order chi connectivity index (χ1) is 8.95. The molecule has 0 unspecified atom stereocenters. The molecule has 7 nitrogen and oxygen atoms in total. The molecule has 0 saturated carbocycles. The molecular weight excluding hydrogens is 270 g/mol. The van der Waals surface area contributed by atoms with Crippen molar-refractivity contribution >= 4 is 10.0 Å². The predicted octanol–water partition coefficient (Wildman–Crippen LogP) is 0.822. The van der Waals surface area contributed by atoms with Crippen LogP contribution in [-0.2, 0) is 23.1 Å². The van der Waals surface area contributed by atoms with Crippen LogP contribution in [0.3, 0.4) is 0 Å². The van der Waals surface area contributed by atoms with Crippen molar-refractivity contribution in [3.8, 4) is 0 Å². The van der Waals surface area contributed by atoms with Crippen molar-refractivity contribution < 1.29 is 17.4 Å². The zero-order chi connectivity index (χ0) is 14.0. The topological polar surface area (TPSA) is 111 Å². The quantitative estimate of drug-likeness (QED) is 0.841. The van der Waals surface area contributed by atoms with Crippen LogP contribution in [0.2, 0.25) is 0 Å². The fourth-order valence-corrected chi connectivity index (χ4v) is 3.32. The average molecular weight is 285 g/mol. The normalized spacial score (nSPS) is 11.9. The molecule has 0 aromatic carbocycles. The Kier molecular flexibility index (Phi) is 3.74. The van der Waals surface area contributed by atoms with E-state index in [-0.39, 0.29) is 18.0 Å². The maximum Gasteiger partial charge on any atom is 0.244 e. The highest BCUT2D eigenvalue weighted by atomic mass is 32.2. The summed E-state index contributed by atoms with van der Waals surface area (Å²) in [6.45, 7) is 3.40. The van der Waals surface area contributed by atoms with E-state index in [4.69, 9.17) is 14.7 Å². The van der Waals surface area contributed by atoms with E-state index in [1.165, 1.54) is 6.20 Å². The zero-order valence-corrected chi connectivity index (χ0v) is 11.5. The number of aromatic nitrogens is 1. The van der Waals surface area contributed by atoms with Gasteiger partial charge in [0, 0.05) is 18.2 Å². The molecule has 0 radical (unpaired) electrons. The molecule has 0 fully saturated rings. The van der Waals surface area contributed by atoms with Crippen LogP contribution in [-0.4, -0.2) is 13.6 Å². The Bertz CT molecular complexity index is 658. The van der Waals surface area contributed by atoms with Gasteiger partial charge in [-0.2, -0.15) is 0 Å². The van der Waals surface area contributed by atoms with E-state index in [0.717, 1.165) is 0 Å². The standard InChI is InChI=1S/C11H15N3O4S/c1-7-10(5-12)11(8(2)17-7)19(15,16)14-6-9-3-4-13-18-9/h3-4,14H,5-6,12H2,1-2H3. The van der Waals surface area contributed by atoms with Crippen molar-refractivity contribution in [1.82, 2.24) is 9.88 Å². The number of aryl methyl sites for hydroxylation is 2. The SMILES string of the molecule is Cc1oc(C)c(S(=O)(=O)NCc2ccno2)c1CN. The van der Waals surface area contributed by atoms with Gasteiger partial charge in [-0.25, -0.2) is 13.1 Å². The first kappa shape index (κ1) is 13.8. The van der Waals surface area contributed by atoms with Gasteiger partial charge in [0.25, 0.3) is 0 Å². The van der Waals surface area contributed by atoms with Gasteiger partial charge in [0.05, 0.1) is 12.7 Å². The smallest absolute Gasteiger partial charge is 0.244 e. The van der Waals surface area contributed by atoms with Crippen LogP contribution in [0.5, 0.6) is 0 Å². The highest BCUT2D eigenvalue weighted by Gasteiger charge is 2.26. The van der Waals surface area contributed by atoms with Crippen LogP contribution in [0.25, 0.3) is 0 Å². The lowest BCUT2D eigenvalue weighted by molar-refractivity contribution is 0.380. The number of nitrogens with zero attached hydrogens (tertiary/aromatic N) is 1. The molecule has 19 heavy (non-hydrogen) atoms. The van der Waals surface area contributed by atoms with Gasteiger partial charge < -0.3 is 14.7 Å². The molecule has 2 aromatic heterocycles. The summed E-state index contributed by atoms with van der Waals surface area (Å²) in [6.07, 6.45) is 1.45. The van der Waals surface area contributed by atoms with E-state index in [0.29, 0.717) is 22.8 Å². The van der Waals surface area contributed by atoms with Crippen LogP contribution in [0.1, 0.15) is 22.8 Å². The third-order valence-electron chi connectivity index (χ3n) is 2.73. The molecule has 2 aromatic rings. The molecule has 0 amide bonds. The Balaban J connectivity index is 2.29. The van der Waals surface area contributed by atoms with Crippen molar-refractivity contribution in [3.63, 3.8) is 0 Å². The summed E-state index contributed by atoms with van der Waals surface area (Å²) in [7, 11) is -3.70. The number of nitrogens with two attached hydrogens (primary N) is 1. The van der Waals surface area contributed by atoms with Crippen LogP contribution in [0, 0.1) is 13.8 Å². The van der Waals surface area contributed by atoms with Crippen molar-refractivity contribution in [3.05, 3.63) is 35.1 Å². The van der Waals surface area contributed by atoms with Gasteiger partial charge in [0.2, 0.25) is 10.0 Å². The molecule has 8 heteroatoms. The maximum absolute atomic E-state index is 12.3.